The van der Waals surface area contributed by atoms with Crippen LogP contribution in [0.2, 0.25) is 0 Å². The highest BCUT2D eigenvalue weighted by Crippen LogP contribution is 2.33. The van der Waals surface area contributed by atoms with Crippen molar-refractivity contribution in [2.75, 3.05) is 13.2 Å². The summed E-state index contributed by atoms with van der Waals surface area (Å²) in [5.74, 6) is 1.49. The third-order valence-electron chi connectivity index (χ3n) is 3.21. The predicted molar refractivity (Wildman–Crippen MR) is 75.2 cm³/mol. The Hall–Kier alpha value is -2.30. The van der Waals surface area contributed by atoms with Crippen molar-refractivity contribution >= 4 is 0 Å². The van der Waals surface area contributed by atoms with Gasteiger partial charge in [-0.25, -0.2) is 4.68 Å². The Morgan fingerprint density at radius 3 is 2.75 bits per heavy atom. The number of fused-ring (bicyclic) bond motifs is 1. The minimum atomic E-state index is -0.0920. The first-order valence-electron chi connectivity index (χ1n) is 6.76. The van der Waals surface area contributed by atoms with E-state index in [2.05, 4.69) is 5.10 Å². The van der Waals surface area contributed by atoms with Gasteiger partial charge in [0.15, 0.2) is 11.5 Å². The van der Waals surface area contributed by atoms with Crippen LogP contribution in [-0.2, 0) is 6.54 Å². The molecule has 0 atom stereocenters. The van der Waals surface area contributed by atoms with Gasteiger partial charge in [0.1, 0.15) is 0 Å². The van der Waals surface area contributed by atoms with E-state index in [1.807, 2.05) is 25.1 Å². The first-order valence-corrected chi connectivity index (χ1v) is 6.76. The normalized spacial score (nSPS) is 13.8. The van der Waals surface area contributed by atoms with E-state index < -0.39 is 0 Å². The molecule has 3 rings (SSSR count). The summed E-state index contributed by atoms with van der Waals surface area (Å²) in [6, 6.07) is 9.00. The van der Waals surface area contributed by atoms with E-state index in [1.54, 1.807) is 6.07 Å². The van der Waals surface area contributed by atoms with Crippen molar-refractivity contribution in [1.82, 2.24) is 9.78 Å². The van der Waals surface area contributed by atoms with Crippen molar-refractivity contribution in [2.24, 2.45) is 0 Å². The Labute approximate surface area is 116 Å². The minimum Gasteiger partial charge on any atom is -0.490 e. The molecule has 0 N–H and O–H groups in total. The number of nitrogens with zero attached hydrogens (tertiary/aromatic N) is 2. The number of aromatic nitrogens is 2. The van der Waals surface area contributed by atoms with E-state index in [9.17, 15) is 4.79 Å². The summed E-state index contributed by atoms with van der Waals surface area (Å²) < 4.78 is 12.7. The lowest BCUT2D eigenvalue weighted by Gasteiger charge is -2.09. The summed E-state index contributed by atoms with van der Waals surface area (Å²) in [7, 11) is 0. The van der Waals surface area contributed by atoms with Crippen LogP contribution in [0.1, 0.15) is 13.3 Å². The first-order chi connectivity index (χ1) is 9.78. The SMILES string of the molecule is CCn1nc(-c2ccc3c(c2)OCCCO3)ccc1=O. The Bertz CT molecular complexity index is 679. The summed E-state index contributed by atoms with van der Waals surface area (Å²) >= 11 is 0. The lowest BCUT2D eigenvalue weighted by atomic mass is 10.1. The first kappa shape index (κ1) is 12.7. The van der Waals surface area contributed by atoms with E-state index in [1.165, 1.54) is 10.7 Å². The molecule has 1 aliphatic rings. The predicted octanol–water partition coefficient (Wildman–Crippen LogP) is 2.09. The number of hydrogen-bond donors (Lipinski definition) is 0. The van der Waals surface area contributed by atoms with Crippen LogP contribution in [0.3, 0.4) is 0 Å². The van der Waals surface area contributed by atoms with E-state index >= 15 is 0 Å². The number of aryl methyl sites for hydroxylation is 1. The molecule has 104 valence electrons. The summed E-state index contributed by atoms with van der Waals surface area (Å²) in [6.45, 7) is 3.77. The molecule has 0 fully saturated rings. The van der Waals surface area contributed by atoms with E-state index in [0.717, 1.165) is 29.2 Å². The van der Waals surface area contributed by atoms with Gasteiger partial charge in [0.05, 0.1) is 18.9 Å². The second-order valence-corrected chi connectivity index (χ2v) is 4.58. The maximum Gasteiger partial charge on any atom is 0.266 e. The molecule has 0 amide bonds. The van der Waals surface area contributed by atoms with Crippen molar-refractivity contribution in [3.05, 3.63) is 40.7 Å². The maximum atomic E-state index is 11.6. The third-order valence-corrected chi connectivity index (χ3v) is 3.21. The number of benzene rings is 1. The Balaban J connectivity index is 2.02. The summed E-state index contributed by atoms with van der Waals surface area (Å²) in [5, 5.41) is 4.34. The van der Waals surface area contributed by atoms with Gasteiger partial charge < -0.3 is 9.47 Å². The van der Waals surface area contributed by atoms with Gasteiger partial charge in [-0.1, -0.05) is 0 Å². The summed E-state index contributed by atoms with van der Waals surface area (Å²) in [6.07, 6.45) is 0.878. The number of rotatable bonds is 2. The lowest BCUT2D eigenvalue weighted by molar-refractivity contribution is 0.297. The molecule has 2 heterocycles. The molecule has 0 bridgehead atoms. The molecule has 5 nitrogen and oxygen atoms in total. The fourth-order valence-electron chi connectivity index (χ4n) is 2.15. The smallest absolute Gasteiger partial charge is 0.266 e. The van der Waals surface area contributed by atoms with Gasteiger partial charge in [-0.3, -0.25) is 4.79 Å². The van der Waals surface area contributed by atoms with Crippen LogP contribution < -0.4 is 15.0 Å². The Kier molecular flexibility index (Phi) is 3.41. The quantitative estimate of drug-likeness (QED) is 0.840. The van der Waals surface area contributed by atoms with Gasteiger partial charge >= 0.3 is 0 Å². The van der Waals surface area contributed by atoms with Crippen LogP contribution in [-0.4, -0.2) is 23.0 Å². The second kappa shape index (κ2) is 5.36. The molecule has 0 unspecified atom stereocenters. The largest absolute Gasteiger partial charge is 0.490 e. The van der Waals surface area contributed by atoms with Crippen molar-refractivity contribution in [3.63, 3.8) is 0 Å². The zero-order valence-corrected chi connectivity index (χ0v) is 11.3. The molecule has 1 aromatic heterocycles. The van der Waals surface area contributed by atoms with Gasteiger partial charge in [0, 0.05) is 24.6 Å². The molecule has 2 aromatic rings. The molecule has 0 spiro atoms. The molecule has 5 heteroatoms. The van der Waals surface area contributed by atoms with E-state index in [4.69, 9.17) is 9.47 Å². The molecular formula is C15H16N2O3. The Morgan fingerprint density at radius 2 is 1.95 bits per heavy atom. The van der Waals surface area contributed by atoms with Crippen molar-refractivity contribution in [3.8, 4) is 22.8 Å². The molecule has 1 aromatic carbocycles. The molecule has 0 saturated carbocycles. The highest BCUT2D eigenvalue weighted by molar-refractivity contribution is 5.63. The highest BCUT2D eigenvalue weighted by atomic mass is 16.5. The molecule has 1 aliphatic heterocycles. The van der Waals surface area contributed by atoms with Gasteiger partial charge in [-0.2, -0.15) is 5.10 Å². The summed E-state index contributed by atoms with van der Waals surface area (Å²) in [5.41, 5.74) is 1.57. The van der Waals surface area contributed by atoms with Gasteiger partial charge in [-0.15, -0.1) is 0 Å². The minimum absolute atomic E-state index is 0.0920. The third kappa shape index (κ3) is 2.39. The highest BCUT2D eigenvalue weighted by Gasteiger charge is 2.12. The molecule has 20 heavy (non-hydrogen) atoms. The lowest BCUT2D eigenvalue weighted by Crippen LogP contribution is -2.20. The van der Waals surface area contributed by atoms with Crippen LogP contribution in [0.15, 0.2) is 35.1 Å². The average molecular weight is 272 g/mol. The Morgan fingerprint density at radius 1 is 1.15 bits per heavy atom. The summed E-state index contributed by atoms with van der Waals surface area (Å²) in [4.78, 5) is 11.6. The number of ether oxygens (including phenoxy) is 2. The van der Waals surface area contributed by atoms with Crippen LogP contribution in [0.4, 0.5) is 0 Å². The zero-order chi connectivity index (χ0) is 13.9. The van der Waals surface area contributed by atoms with E-state index in [0.29, 0.717) is 19.8 Å². The van der Waals surface area contributed by atoms with Gasteiger partial charge in [0.25, 0.3) is 5.56 Å². The monoisotopic (exact) mass is 272 g/mol. The molecule has 0 saturated heterocycles. The van der Waals surface area contributed by atoms with Gasteiger partial charge in [-0.05, 0) is 31.2 Å². The molecular weight excluding hydrogens is 256 g/mol. The zero-order valence-electron chi connectivity index (χ0n) is 11.3. The standard InChI is InChI=1S/C15H16N2O3/c1-2-17-15(18)7-5-12(16-17)11-4-6-13-14(10-11)20-9-3-8-19-13/h4-7,10H,2-3,8-9H2,1H3. The average Bonchev–Trinajstić information content (AvgIpc) is 2.72. The van der Waals surface area contributed by atoms with E-state index in [-0.39, 0.29) is 5.56 Å². The maximum absolute atomic E-state index is 11.6. The van der Waals surface area contributed by atoms with Gasteiger partial charge in [0.2, 0.25) is 0 Å². The second-order valence-electron chi connectivity index (χ2n) is 4.58. The topological polar surface area (TPSA) is 53.4 Å². The van der Waals surface area contributed by atoms with Crippen LogP contribution in [0, 0.1) is 0 Å². The van der Waals surface area contributed by atoms with Crippen molar-refractivity contribution in [2.45, 2.75) is 19.9 Å². The van der Waals surface area contributed by atoms with Crippen molar-refractivity contribution < 1.29 is 9.47 Å². The van der Waals surface area contributed by atoms with Crippen LogP contribution in [0.5, 0.6) is 11.5 Å². The van der Waals surface area contributed by atoms with Crippen LogP contribution >= 0.6 is 0 Å². The van der Waals surface area contributed by atoms with Crippen LogP contribution in [0.25, 0.3) is 11.3 Å². The van der Waals surface area contributed by atoms with Crippen molar-refractivity contribution in [1.29, 1.82) is 0 Å². The molecule has 0 radical (unpaired) electrons. The number of hydrogen-bond acceptors (Lipinski definition) is 4. The fourth-order valence-corrected chi connectivity index (χ4v) is 2.15. The fraction of sp³-hybridized carbons (Fsp3) is 0.333. The molecule has 0 aliphatic carbocycles.